The van der Waals surface area contributed by atoms with E-state index in [1.807, 2.05) is 50.0 Å². The van der Waals surface area contributed by atoms with Crippen molar-refractivity contribution in [3.8, 4) is 11.3 Å². The Hall–Kier alpha value is -4.04. The zero-order valence-electron chi connectivity index (χ0n) is 22.9. The lowest BCUT2D eigenvalue weighted by Crippen LogP contribution is -2.44. The molecular weight excluding hydrogens is 472 g/mol. The topological polar surface area (TPSA) is 73.3 Å². The average molecular weight is 511 g/mol. The number of benzene rings is 1. The predicted octanol–water partition coefficient (Wildman–Crippen LogP) is 5.06. The molecule has 8 heteroatoms. The lowest BCUT2D eigenvalue weighted by atomic mass is 10.1. The summed E-state index contributed by atoms with van der Waals surface area (Å²) < 4.78 is 0. The van der Waals surface area contributed by atoms with Crippen LogP contribution in [-0.4, -0.2) is 78.2 Å². The summed E-state index contributed by atoms with van der Waals surface area (Å²) in [6.45, 7) is 14.2. The van der Waals surface area contributed by atoms with Gasteiger partial charge in [-0.05, 0) is 56.1 Å². The van der Waals surface area contributed by atoms with Gasteiger partial charge in [0, 0.05) is 69.7 Å². The normalized spacial score (nSPS) is 13.5. The van der Waals surface area contributed by atoms with Gasteiger partial charge in [-0.3, -0.25) is 4.98 Å². The van der Waals surface area contributed by atoms with Crippen LogP contribution in [0.1, 0.15) is 19.4 Å². The third-order valence-corrected chi connectivity index (χ3v) is 6.82. The van der Waals surface area contributed by atoms with Gasteiger partial charge in [0.1, 0.15) is 17.5 Å². The summed E-state index contributed by atoms with van der Waals surface area (Å²) in [5.74, 6) is 2.84. The monoisotopic (exact) mass is 510 g/mol. The number of anilines is 3. The first kappa shape index (κ1) is 27.0. The van der Waals surface area contributed by atoms with Crippen molar-refractivity contribution in [2.24, 2.45) is 0 Å². The van der Waals surface area contributed by atoms with Gasteiger partial charge in [-0.2, -0.15) is 0 Å². The van der Waals surface area contributed by atoms with Crippen molar-refractivity contribution < 1.29 is 0 Å². The molecule has 0 bridgehead atoms. The molecule has 38 heavy (non-hydrogen) atoms. The summed E-state index contributed by atoms with van der Waals surface area (Å²) in [6.07, 6.45) is 9.23. The fourth-order valence-electron chi connectivity index (χ4n) is 4.40. The summed E-state index contributed by atoms with van der Waals surface area (Å²) in [6, 6.07) is 12.4. The van der Waals surface area contributed by atoms with Gasteiger partial charge in [0.2, 0.25) is 0 Å². The quantitative estimate of drug-likeness (QED) is 0.370. The van der Waals surface area contributed by atoms with Gasteiger partial charge < -0.3 is 20.0 Å². The Bertz CT molecular complexity index is 1340. The molecule has 5 rings (SSSR count). The number of fused-ring (bicyclic) bond motifs is 1. The molecule has 0 amide bonds. The maximum absolute atomic E-state index is 4.77. The Morgan fingerprint density at radius 2 is 1.74 bits per heavy atom. The Balaban J connectivity index is 0.000000194. The Morgan fingerprint density at radius 3 is 2.45 bits per heavy atom. The van der Waals surface area contributed by atoms with Crippen molar-refractivity contribution >= 4 is 34.3 Å². The zero-order valence-corrected chi connectivity index (χ0v) is 22.9. The minimum absolute atomic E-state index is 0.859. The van der Waals surface area contributed by atoms with E-state index in [0.29, 0.717) is 0 Å². The van der Waals surface area contributed by atoms with E-state index in [1.165, 1.54) is 0 Å². The Kier molecular flexibility index (Phi) is 9.21. The second-order valence-corrected chi connectivity index (χ2v) is 9.26. The summed E-state index contributed by atoms with van der Waals surface area (Å²) in [5.41, 5.74) is 3.09. The molecule has 0 saturated carbocycles. The maximum Gasteiger partial charge on any atom is 0.147 e. The smallest absolute Gasteiger partial charge is 0.147 e. The first-order valence-electron chi connectivity index (χ1n) is 13.2. The van der Waals surface area contributed by atoms with E-state index in [1.54, 1.807) is 0 Å². The molecule has 1 fully saturated rings. The van der Waals surface area contributed by atoms with E-state index in [0.717, 1.165) is 84.3 Å². The zero-order chi connectivity index (χ0) is 26.9. The third kappa shape index (κ3) is 6.63. The molecule has 1 N–H and O–H groups in total. The number of nitrogens with one attached hydrogen (secondary N) is 1. The molecule has 0 spiro atoms. The van der Waals surface area contributed by atoms with Gasteiger partial charge in [-0.15, -0.1) is 0 Å². The number of nitrogens with zero attached hydrogens (tertiary/aromatic N) is 7. The van der Waals surface area contributed by atoms with E-state index < -0.39 is 0 Å². The molecule has 0 aliphatic carbocycles. The van der Waals surface area contributed by atoms with Crippen molar-refractivity contribution in [3.05, 3.63) is 73.3 Å². The molecule has 0 unspecified atom stereocenters. The van der Waals surface area contributed by atoms with Crippen molar-refractivity contribution in [1.29, 1.82) is 0 Å². The van der Waals surface area contributed by atoms with Crippen LogP contribution >= 0.6 is 0 Å². The van der Waals surface area contributed by atoms with Crippen LogP contribution in [0.2, 0.25) is 0 Å². The molecule has 3 aromatic heterocycles. The van der Waals surface area contributed by atoms with Gasteiger partial charge in [-0.25, -0.2) is 15.0 Å². The van der Waals surface area contributed by atoms with Crippen LogP contribution in [-0.2, 0) is 0 Å². The minimum Gasteiger partial charge on any atom is -0.373 e. The van der Waals surface area contributed by atoms with E-state index >= 15 is 0 Å². The van der Waals surface area contributed by atoms with Gasteiger partial charge in [-0.1, -0.05) is 24.8 Å². The minimum atomic E-state index is 0.859. The highest BCUT2D eigenvalue weighted by Crippen LogP contribution is 2.25. The van der Waals surface area contributed by atoms with Crippen LogP contribution < -0.4 is 15.1 Å². The molecule has 1 aliphatic heterocycles. The third-order valence-electron chi connectivity index (χ3n) is 6.82. The molecule has 4 heterocycles. The van der Waals surface area contributed by atoms with Crippen molar-refractivity contribution in [1.82, 2.24) is 24.8 Å². The molecular formula is C30H38N8. The summed E-state index contributed by atoms with van der Waals surface area (Å²) in [5, 5.41) is 5.32. The molecule has 1 saturated heterocycles. The highest BCUT2D eigenvalue weighted by Gasteiger charge is 2.15. The van der Waals surface area contributed by atoms with Crippen molar-refractivity contribution in [2.75, 3.05) is 68.5 Å². The van der Waals surface area contributed by atoms with E-state index in [-0.39, 0.29) is 0 Å². The molecule has 4 aromatic rings. The molecule has 1 aliphatic rings. The summed E-state index contributed by atoms with van der Waals surface area (Å²) in [7, 11) is 4.03. The molecule has 0 atom stereocenters. The number of piperazine rings is 1. The second kappa shape index (κ2) is 13.0. The fraction of sp³-hybridized carbons (Fsp3) is 0.333. The molecule has 1 aromatic carbocycles. The molecule has 198 valence electrons. The van der Waals surface area contributed by atoms with Crippen LogP contribution in [0.4, 0.5) is 17.5 Å². The van der Waals surface area contributed by atoms with Crippen LogP contribution in [0, 0.1) is 0 Å². The van der Waals surface area contributed by atoms with Crippen LogP contribution in [0.3, 0.4) is 0 Å². The summed E-state index contributed by atoms with van der Waals surface area (Å²) >= 11 is 0. The van der Waals surface area contributed by atoms with Gasteiger partial charge >= 0.3 is 0 Å². The van der Waals surface area contributed by atoms with Crippen LogP contribution in [0.25, 0.3) is 28.1 Å². The SMILES string of the molecule is C=Cc1ccnc(N2CCN(C)CC2)c1.CCN(CC)c1cncc(-c2ccc3cnc(NC)cc3c2)n1. The lowest BCUT2D eigenvalue weighted by Gasteiger charge is -2.33. The van der Waals surface area contributed by atoms with Crippen LogP contribution in [0.15, 0.2) is 67.8 Å². The largest absolute Gasteiger partial charge is 0.373 e. The second-order valence-electron chi connectivity index (χ2n) is 9.26. The highest BCUT2D eigenvalue weighted by molar-refractivity contribution is 5.88. The standard InChI is InChI=1S/C18H21N5.C12H17N3/c1-4-23(5-2)18-12-20-11-16(22-18)13-6-7-14-10-21-17(19-3)9-15(14)8-13;1-3-11-4-5-13-12(10-11)15-8-6-14(2)7-9-15/h6-12H,4-5H2,1-3H3,(H,19,21);3-5,10H,1,6-9H2,2H3. The average Bonchev–Trinajstić information content (AvgIpc) is 2.98. The van der Waals surface area contributed by atoms with E-state index in [2.05, 4.69) is 86.7 Å². The predicted molar refractivity (Wildman–Crippen MR) is 160 cm³/mol. The van der Waals surface area contributed by atoms with Crippen molar-refractivity contribution in [3.63, 3.8) is 0 Å². The van der Waals surface area contributed by atoms with Gasteiger partial charge in [0.15, 0.2) is 0 Å². The van der Waals surface area contributed by atoms with Gasteiger partial charge in [0.05, 0.1) is 18.1 Å². The molecule has 0 radical (unpaired) electrons. The van der Waals surface area contributed by atoms with Crippen LogP contribution in [0.5, 0.6) is 0 Å². The highest BCUT2D eigenvalue weighted by atomic mass is 15.3. The Morgan fingerprint density at radius 1 is 0.947 bits per heavy atom. The van der Waals surface area contributed by atoms with Crippen molar-refractivity contribution in [2.45, 2.75) is 13.8 Å². The number of hydrogen-bond donors (Lipinski definition) is 1. The first-order chi connectivity index (χ1) is 18.5. The number of aromatic nitrogens is 4. The van der Waals surface area contributed by atoms with E-state index in [4.69, 9.17) is 4.98 Å². The fourth-order valence-corrected chi connectivity index (χ4v) is 4.40. The number of pyridine rings is 2. The first-order valence-corrected chi connectivity index (χ1v) is 13.2. The maximum atomic E-state index is 4.77. The number of hydrogen-bond acceptors (Lipinski definition) is 8. The molecule has 8 nitrogen and oxygen atoms in total. The van der Waals surface area contributed by atoms with E-state index in [9.17, 15) is 0 Å². The Labute approximate surface area is 226 Å². The van der Waals surface area contributed by atoms with Gasteiger partial charge in [0.25, 0.3) is 0 Å². The lowest BCUT2D eigenvalue weighted by molar-refractivity contribution is 0.312. The summed E-state index contributed by atoms with van der Waals surface area (Å²) in [4.78, 5) is 24.7. The number of rotatable bonds is 7. The number of likely N-dealkylation sites (N-methyl/N-ethyl adjacent to an activating group) is 1.